The average Bonchev–Trinajstić information content (AvgIpc) is 2.49. The van der Waals surface area contributed by atoms with Gasteiger partial charge in [0.25, 0.3) is 0 Å². The van der Waals surface area contributed by atoms with Crippen molar-refractivity contribution in [3.8, 4) is 0 Å². The van der Waals surface area contributed by atoms with Crippen molar-refractivity contribution in [3.05, 3.63) is 0 Å². The summed E-state index contributed by atoms with van der Waals surface area (Å²) in [4.78, 5) is 0. The molecule has 0 N–H and O–H groups in total. The monoisotopic (exact) mass is 324 g/mol. The molecule has 3 rings (SSSR count). The minimum Gasteiger partial charge on any atom is -0.0776 e. The molecule has 3 aliphatic carbocycles. The van der Waals surface area contributed by atoms with Gasteiger partial charge in [0.1, 0.15) is 0 Å². The third kappa shape index (κ3) is 6.09. The van der Waals surface area contributed by atoms with Gasteiger partial charge in [-0.2, -0.15) is 0 Å². The standard InChI is InChI=1S/C20H36.3CH4/c1-15-3-7-17(8-4-15)19-11-13-20(14-12-19)18-9-5-16(2)6-10-18;;;/h15-20H,3-14H2,1-2H3;3*1H4. The van der Waals surface area contributed by atoms with Crippen LogP contribution in [0.2, 0.25) is 0 Å². The van der Waals surface area contributed by atoms with Gasteiger partial charge in [0.05, 0.1) is 0 Å². The van der Waals surface area contributed by atoms with E-state index in [1.807, 2.05) is 0 Å². The molecule has 0 aromatic rings. The van der Waals surface area contributed by atoms with E-state index in [2.05, 4.69) is 13.8 Å². The van der Waals surface area contributed by atoms with Gasteiger partial charge < -0.3 is 0 Å². The van der Waals surface area contributed by atoms with Crippen LogP contribution in [0.4, 0.5) is 0 Å². The maximum Gasteiger partial charge on any atom is -0.0386 e. The molecule has 0 amide bonds. The van der Waals surface area contributed by atoms with E-state index in [4.69, 9.17) is 0 Å². The quantitative estimate of drug-likeness (QED) is 0.478. The zero-order valence-corrected chi connectivity index (χ0v) is 13.9. The van der Waals surface area contributed by atoms with Crippen LogP contribution in [0.5, 0.6) is 0 Å². The third-order valence-electron chi connectivity index (χ3n) is 7.27. The van der Waals surface area contributed by atoms with E-state index in [1.165, 1.54) is 25.7 Å². The molecule has 0 unspecified atom stereocenters. The summed E-state index contributed by atoms with van der Waals surface area (Å²) in [5.74, 6) is 6.48. The zero-order valence-electron chi connectivity index (χ0n) is 13.9. The summed E-state index contributed by atoms with van der Waals surface area (Å²) in [5.41, 5.74) is 0. The highest BCUT2D eigenvalue weighted by Crippen LogP contribution is 2.45. The van der Waals surface area contributed by atoms with Gasteiger partial charge in [-0.05, 0) is 86.9 Å². The lowest BCUT2D eigenvalue weighted by Crippen LogP contribution is -2.29. The Bertz CT molecular complexity index is 240. The average molecular weight is 325 g/mol. The second-order valence-corrected chi connectivity index (χ2v) is 8.71. The summed E-state index contributed by atoms with van der Waals surface area (Å²) in [7, 11) is 0. The molecule has 0 nitrogen and oxygen atoms in total. The number of hydrogen-bond acceptors (Lipinski definition) is 0. The highest BCUT2D eigenvalue weighted by Gasteiger charge is 2.33. The lowest BCUT2D eigenvalue weighted by atomic mass is 9.65. The van der Waals surface area contributed by atoms with E-state index >= 15 is 0 Å². The lowest BCUT2D eigenvalue weighted by Gasteiger charge is -2.41. The molecule has 0 aliphatic heterocycles. The van der Waals surface area contributed by atoms with Crippen molar-refractivity contribution in [3.63, 3.8) is 0 Å². The van der Waals surface area contributed by atoms with Gasteiger partial charge >= 0.3 is 0 Å². The normalized spacial score (nSPS) is 41.0. The molecule has 140 valence electrons. The molecule has 23 heavy (non-hydrogen) atoms. The van der Waals surface area contributed by atoms with Crippen molar-refractivity contribution < 1.29 is 0 Å². The van der Waals surface area contributed by atoms with Crippen LogP contribution in [-0.4, -0.2) is 0 Å². The van der Waals surface area contributed by atoms with E-state index in [-0.39, 0.29) is 22.3 Å². The fourth-order valence-corrected chi connectivity index (χ4v) is 5.60. The summed E-state index contributed by atoms with van der Waals surface area (Å²) in [6.45, 7) is 4.91. The van der Waals surface area contributed by atoms with Gasteiger partial charge in [0, 0.05) is 0 Å². The van der Waals surface area contributed by atoms with Gasteiger partial charge in [0.15, 0.2) is 0 Å². The van der Waals surface area contributed by atoms with Crippen LogP contribution in [0.25, 0.3) is 0 Å². The van der Waals surface area contributed by atoms with Gasteiger partial charge in [-0.1, -0.05) is 61.8 Å². The molecule has 3 fully saturated rings. The Morgan fingerprint density at radius 3 is 0.739 bits per heavy atom. The van der Waals surface area contributed by atoms with Crippen molar-refractivity contribution in [2.24, 2.45) is 35.5 Å². The zero-order chi connectivity index (χ0) is 13.9. The first-order valence-corrected chi connectivity index (χ1v) is 9.72. The van der Waals surface area contributed by atoms with Gasteiger partial charge in [-0.15, -0.1) is 0 Å². The van der Waals surface area contributed by atoms with Gasteiger partial charge in [-0.3, -0.25) is 0 Å². The van der Waals surface area contributed by atoms with Crippen LogP contribution in [0.3, 0.4) is 0 Å². The Kier molecular flexibility index (Phi) is 10.8. The van der Waals surface area contributed by atoms with Crippen molar-refractivity contribution in [1.82, 2.24) is 0 Å². The second-order valence-electron chi connectivity index (χ2n) is 8.71. The fourth-order valence-electron chi connectivity index (χ4n) is 5.60. The van der Waals surface area contributed by atoms with Crippen LogP contribution in [0.15, 0.2) is 0 Å². The van der Waals surface area contributed by atoms with Crippen molar-refractivity contribution in [2.45, 2.75) is 113 Å². The highest BCUT2D eigenvalue weighted by atomic mass is 14.4. The highest BCUT2D eigenvalue weighted by molar-refractivity contribution is 4.85. The minimum absolute atomic E-state index is 0. The van der Waals surface area contributed by atoms with Crippen LogP contribution in [0.1, 0.15) is 113 Å². The SMILES string of the molecule is C.C.C.CC1CCC(C2CCC(C3CCC(C)CC3)CC2)CC1. The Morgan fingerprint density at radius 2 is 0.522 bits per heavy atom. The maximum atomic E-state index is 2.46. The lowest BCUT2D eigenvalue weighted by molar-refractivity contribution is 0.108. The van der Waals surface area contributed by atoms with Gasteiger partial charge in [0.2, 0.25) is 0 Å². The number of hydrogen-bond donors (Lipinski definition) is 0. The Balaban J connectivity index is 0.00000161. The van der Waals surface area contributed by atoms with Crippen LogP contribution in [0, 0.1) is 35.5 Å². The molecule has 0 aromatic carbocycles. The molecule has 0 spiro atoms. The largest absolute Gasteiger partial charge is 0.0776 e. The molecular formula is C23H48. The topological polar surface area (TPSA) is 0 Å². The van der Waals surface area contributed by atoms with Crippen molar-refractivity contribution in [1.29, 1.82) is 0 Å². The summed E-state index contributed by atoms with van der Waals surface area (Å²) in [6.07, 6.45) is 18.6. The summed E-state index contributed by atoms with van der Waals surface area (Å²) in [5, 5.41) is 0. The molecule has 3 aliphatic rings. The van der Waals surface area contributed by atoms with Crippen molar-refractivity contribution >= 4 is 0 Å². The van der Waals surface area contributed by atoms with E-state index in [9.17, 15) is 0 Å². The van der Waals surface area contributed by atoms with Crippen LogP contribution in [-0.2, 0) is 0 Å². The molecular weight excluding hydrogens is 276 g/mol. The Labute approximate surface area is 149 Å². The predicted molar refractivity (Wildman–Crippen MR) is 108 cm³/mol. The first-order valence-electron chi connectivity index (χ1n) is 9.72. The van der Waals surface area contributed by atoms with E-state index in [0.29, 0.717) is 0 Å². The molecule has 0 heterocycles. The minimum atomic E-state index is 0. The third-order valence-corrected chi connectivity index (χ3v) is 7.27. The van der Waals surface area contributed by atoms with Crippen molar-refractivity contribution in [2.75, 3.05) is 0 Å². The molecule has 3 saturated carbocycles. The van der Waals surface area contributed by atoms with Crippen LogP contribution < -0.4 is 0 Å². The van der Waals surface area contributed by atoms with E-state index < -0.39 is 0 Å². The number of rotatable bonds is 2. The molecule has 0 aromatic heterocycles. The van der Waals surface area contributed by atoms with E-state index in [0.717, 1.165) is 35.5 Å². The molecule has 0 atom stereocenters. The van der Waals surface area contributed by atoms with Gasteiger partial charge in [-0.25, -0.2) is 0 Å². The predicted octanol–water partition coefficient (Wildman–Crippen LogP) is 8.35. The second kappa shape index (κ2) is 10.8. The summed E-state index contributed by atoms with van der Waals surface area (Å²) < 4.78 is 0. The fraction of sp³-hybridized carbons (Fsp3) is 1.00. The van der Waals surface area contributed by atoms with E-state index in [1.54, 1.807) is 51.4 Å². The summed E-state index contributed by atoms with van der Waals surface area (Å²) in [6, 6.07) is 0. The smallest absolute Gasteiger partial charge is 0.0386 e. The maximum absolute atomic E-state index is 2.46. The Hall–Kier alpha value is 0. The molecule has 0 bridgehead atoms. The van der Waals surface area contributed by atoms with Crippen LogP contribution >= 0.6 is 0 Å². The Morgan fingerprint density at radius 1 is 0.348 bits per heavy atom. The molecule has 0 saturated heterocycles. The summed E-state index contributed by atoms with van der Waals surface area (Å²) >= 11 is 0. The molecule has 0 heteroatoms. The first-order chi connectivity index (χ1) is 9.72. The first kappa shape index (κ1) is 23.0. The molecule has 0 radical (unpaired) electrons.